The summed E-state index contributed by atoms with van der Waals surface area (Å²) in [6.07, 6.45) is 3.92. The van der Waals surface area contributed by atoms with E-state index in [1.165, 1.54) is 5.57 Å². The fourth-order valence-electron chi connectivity index (χ4n) is 4.74. The van der Waals surface area contributed by atoms with E-state index in [-0.39, 0.29) is 41.3 Å². The van der Waals surface area contributed by atoms with Crippen LogP contribution >= 0.6 is 0 Å². The van der Waals surface area contributed by atoms with Crippen LogP contribution in [0.3, 0.4) is 0 Å². The Kier molecular flexibility index (Phi) is 7.09. The zero-order chi connectivity index (χ0) is 21.9. The van der Waals surface area contributed by atoms with Crippen LogP contribution in [0.5, 0.6) is 0 Å². The van der Waals surface area contributed by atoms with Gasteiger partial charge in [-0.05, 0) is 40.0 Å². The van der Waals surface area contributed by atoms with Gasteiger partial charge in [0.05, 0.1) is 18.6 Å². The first-order valence-corrected chi connectivity index (χ1v) is 10.9. The maximum Gasteiger partial charge on any atom is 0.407 e. The number of rotatable bonds is 9. The van der Waals surface area contributed by atoms with Crippen LogP contribution < -0.4 is 10.6 Å². The minimum Gasteiger partial charge on any atom is -0.443 e. The van der Waals surface area contributed by atoms with E-state index < -0.39 is 6.09 Å². The molecule has 30 heavy (non-hydrogen) atoms. The van der Waals surface area contributed by atoms with Crippen molar-refractivity contribution in [1.82, 2.24) is 10.6 Å². The molecule has 8 heteroatoms. The van der Waals surface area contributed by atoms with Crippen LogP contribution in [0, 0.1) is 5.92 Å². The molecule has 3 rings (SSSR count). The molecule has 0 aromatic heterocycles. The summed E-state index contributed by atoms with van der Waals surface area (Å²) in [6.45, 7) is 9.46. The van der Waals surface area contributed by atoms with Crippen molar-refractivity contribution in [3.05, 3.63) is 11.6 Å². The van der Waals surface area contributed by atoms with Gasteiger partial charge < -0.3 is 29.6 Å². The van der Waals surface area contributed by atoms with Crippen molar-refractivity contribution < 1.29 is 28.5 Å². The van der Waals surface area contributed by atoms with Gasteiger partial charge in [0.25, 0.3) is 0 Å². The van der Waals surface area contributed by atoms with Gasteiger partial charge in [-0.3, -0.25) is 4.79 Å². The van der Waals surface area contributed by atoms with Gasteiger partial charge in [-0.2, -0.15) is 0 Å². The zero-order valence-electron chi connectivity index (χ0n) is 18.8. The minimum atomic E-state index is -0.498. The number of carbonyl (C=O) groups is 2. The van der Waals surface area contributed by atoms with E-state index in [9.17, 15) is 9.59 Å². The summed E-state index contributed by atoms with van der Waals surface area (Å²) >= 11 is 0. The number of hydrogen-bond donors (Lipinski definition) is 2. The number of allylic oxidation sites excluding steroid dienone is 1. The number of ether oxygens (including phenoxy) is 4. The molecule has 1 spiro atoms. The van der Waals surface area contributed by atoms with Crippen LogP contribution in [0.15, 0.2) is 11.6 Å². The number of alkyl carbamates (subject to hydrolysis) is 1. The lowest BCUT2D eigenvalue weighted by Gasteiger charge is -2.42. The molecule has 3 aliphatic rings. The molecule has 170 valence electrons. The summed E-state index contributed by atoms with van der Waals surface area (Å²) in [6, 6.07) is 0. The highest BCUT2D eigenvalue weighted by Crippen LogP contribution is 2.59. The Labute approximate surface area is 179 Å². The van der Waals surface area contributed by atoms with Gasteiger partial charge >= 0.3 is 6.09 Å². The Morgan fingerprint density at radius 1 is 1.23 bits per heavy atom. The fraction of sp³-hybridized carbons (Fsp3) is 0.818. The highest BCUT2D eigenvalue weighted by atomic mass is 16.6. The molecule has 2 N–H and O–H groups in total. The Hall–Kier alpha value is -1.64. The van der Waals surface area contributed by atoms with Gasteiger partial charge in [0.1, 0.15) is 23.4 Å². The molecule has 0 aromatic carbocycles. The van der Waals surface area contributed by atoms with Crippen molar-refractivity contribution >= 4 is 12.0 Å². The van der Waals surface area contributed by atoms with Crippen molar-refractivity contribution in [2.24, 2.45) is 5.92 Å². The maximum absolute atomic E-state index is 12.3. The van der Waals surface area contributed by atoms with Crippen molar-refractivity contribution in [1.29, 1.82) is 0 Å². The van der Waals surface area contributed by atoms with Gasteiger partial charge in [-0.1, -0.05) is 18.6 Å². The van der Waals surface area contributed by atoms with Crippen molar-refractivity contribution in [3.8, 4) is 0 Å². The van der Waals surface area contributed by atoms with E-state index in [1.54, 1.807) is 14.0 Å². The lowest BCUT2D eigenvalue weighted by Crippen LogP contribution is -2.56. The molecule has 2 saturated heterocycles. The molecule has 1 aliphatic carbocycles. The molecule has 2 aliphatic heterocycles. The summed E-state index contributed by atoms with van der Waals surface area (Å²) in [7, 11) is 1.66. The molecular weight excluding hydrogens is 388 g/mol. The molecule has 2 amide bonds. The van der Waals surface area contributed by atoms with Crippen LogP contribution in [0.1, 0.15) is 53.4 Å². The second-order valence-corrected chi connectivity index (χ2v) is 8.95. The summed E-state index contributed by atoms with van der Waals surface area (Å²) in [5.41, 5.74) is 0.673. The molecule has 6 atom stereocenters. The normalized spacial score (nSPS) is 36.7. The molecule has 4 unspecified atom stereocenters. The predicted molar refractivity (Wildman–Crippen MR) is 111 cm³/mol. The standard InChI is InChI=1S/C22H36N2O6/c1-6-17(25)23-11-12-24-20(26)29-15-9-10-22(13-28-22)19(18(15)27-5)21(4)16(30-21)8-7-14(2)3/h7,15-16,18-19H,6,8-13H2,1-5H3,(H,23,25)(H,24,26)/t15?,16-,18?,19?,21?,22+/m1/s1. The van der Waals surface area contributed by atoms with E-state index in [1.807, 2.05) is 0 Å². The number of carbonyl (C=O) groups excluding carboxylic acids is 2. The Balaban J connectivity index is 1.59. The van der Waals surface area contributed by atoms with Crippen LogP contribution in [0.4, 0.5) is 4.79 Å². The van der Waals surface area contributed by atoms with Crippen LogP contribution in [0.25, 0.3) is 0 Å². The third-order valence-electron chi connectivity index (χ3n) is 6.53. The highest BCUT2D eigenvalue weighted by Gasteiger charge is 2.72. The van der Waals surface area contributed by atoms with Crippen molar-refractivity contribution in [2.75, 3.05) is 26.8 Å². The van der Waals surface area contributed by atoms with Crippen LogP contribution in [-0.4, -0.2) is 68.3 Å². The SMILES string of the molecule is CCC(=O)NCCNC(=O)OC1CC[C@]2(CO2)C(C2(C)O[C@@H]2CC=C(C)C)C1OC. The largest absolute Gasteiger partial charge is 0.443 e. The minimum absolute atomic E-state index is 0.000884. The summed E-state index contributed by atoms with van der Waals surface area (Å²) in [5, 5.41) is 5.42. The second kappa shape index (κ2) is 9.24. The van der Waals surface area contributed by atoms with Crippen LogP contribution in [0.2, 0.25) is 0 Å². The summed E-state index contributed by atoms with van der Waals surface area (Å²) in [4.78, 5) is 23.6. The molecule has 2 heterocycles. The summed E-state index contributed by atoms with van der Waals surface area (Å²) in [5.74, 6) is -0.0456. The average molecular weight is 425 g/mol. The molecule has 0 aromatic rings. The van der Waals surface area contributed by atoms with Crippen molar-refractivity contribution in [3.63, 3.8) is 0 Å². The molecule has 3 fully saturated rings. The number of epoxide rings is 2. The Bertz CT molecular complexity index is 673. The highest BCUT2D eigenvalue weighted by molar-refractivity contribution is 5.75. The third-order valence-corrected chi connectivity index (χ3v) is 6.53. The lowest BCUT2D eigenvalue weighted by atomic mass is 9.68. The first-order chi connectivity index (χ1) is 14.3. The fourth-order valence-corrected chi connectivity index (χ4v) is 4.74. The van der Waals surface area contributed by atoms with E-state index in [4.69, 9.17) is 18.9 Å². The predicted octanol–water partition coefficient (Wildman–Crippen LogP) is 2.32. The van der Waals surface area contributed by atoms with Crippen molar-refractivity contribution in [2.45, 2.75) is 82.9 Å². The molecule has 1 saturated carbocycles. The van der Waals surface area contributed by atoms with E-state index in [0.29, 0.717) is 32.5 Å². The lowest BCUT2D eigenvalue weighted by molar-refractivity contribution is -0.120. The topological polar surface area (TPSA) is 102 Å². The smallest absolute Gasteiger partial charge is 0.407 e. The molecule has 0 bridgehead atoms. The Morgan fingerprint density at radius 2 is 1.93 bits per heavy atom. The maximum atomic E-state index is 12.3. The van der Waals surface area contributed by atoms with Gasteiger partial charge in [0.2, 0.25) is 5.91 Å². The van der Waals surface area contributed by atoms with Gasteiger partial charge in [0, 0.05) is 26.6 Å². The molecule has 0 radical (unpaired) electrons. The van der Waals surface area contributed by atoms with E-state index in [0.717, 1.165) is 12.8 Å². The van der Waals surface area contributed by atoms with Gasteiger partial charge in [0.15, 0.2) is 0 Å². The quantitative estimate of drug-likeness (QED) is 0.335. The third kappa shape index (κ3) is 4.98. The molecule has 8 nitrogen and oxygen atoms in total. The number of methoxy groups -OCH3 is 1. The van der Waals surface area contributed by atoms with Gasteiger partial charge in [-0.15, -0.1) is 0 Å². The average Bonchev–Trinajstić information content (AvgIpc) is 3.62. The summed E-state index contributed by atoms with van der Waals surface area (Å²) < 4.78 is 23.7. The molecular formula is C22H36N2O6. The van der Waals surface area contributed by atoms with E-state index in [2.05, 4.69) is 37.5 Å². The number of amides is 2. The number of nitrogens with one attached hydrogen (secondary N) is 2. The van der Waals surface area contributed by atoms with Crippen LogP contribution in [-0.2, 0) is 23.7 Å². The van der Waals surface area contributed by atoms with Gasteiger partial charge in [-0.25, -0.2) is 4.79 Å². The number of hydrogen-bond acceptors (Lipinski definition) is 6. The zero-order valence-corrected chi connectivity index (χ0v) is 18.8. The first-order valence-electron chi connectivity index (χ1n) is 10.9. The monoisotopic (exact) mass is 424 g/mol. The van der Waals surface area contributed by atoms with E-state index >= 15 is 0 Å². The Morgan fingerprint density at radius 3 is 2.53 bits per heavy atom. The second-order valence-electron chi connectivity index (χ2n) is 8.95. The first kappa shape index (κ1) is 23.0.